The molecule has 1 heterocycles. The average Bonchev–Trinajstić information content (AvgIpc) is 3.29. The monoisotopic (exact) mass is 401 g/mol. The van der Waals surface area contributed by atoms with Gasteiger partial charge in [-0.1, -0.05) is 72.4 Å². The Labute approximate surface area is 170 Å². The van der Waals surface area contributed by atoms with E-state index in [2.05, 4.69) is 27.6 Å². The summed E-state index contributed by atoms with van der Waals surface area (Å²) in [6, 6.07) is 24.3. The maximum Gasteiger partial charge on any atom is 0.250 e. The first kappa shape index (κ1) is 17.2. The van der Waals surface area contributed by atoms with Gasteiger partial charge < -0.3 is 0 Å². The van der Waals surface area contributed by atoms with Crippen LogP contribution in [0.1, 0.15) is 11.1 Å². The number of thiazole rings is 1. The quantitative estimate of drug-likeness (QED) is 0.343. The van der Waals surface area contributed by atoms with Crippen LogP contribution in [0, 0.1) is 0 Å². The molecule has 1 aliphatic rings. The molecule has 1 N–H and O–H groups in total. The topological polar surface area (TPSA) is 54.4 Å². The molecule has 0 aliphatic heterocycles. The Morgan fingerprint density at radius 2 is 1.50 bits per heavy atom. The van der Waals surface area contributed by atoms with Crippen molar-refractivity contribution >= 4 is 44.9 Å². The molecule has 0 saturated heterocycles. The van der Waals surface area contributed by atoms with Crippen LogP contribution in [0.5, 0.6) is 0 Å². The lowest BCUT2D eigenvalue weighted by Gasteiger charge is -2.03. The van der Waals surface area contributed by atoms with Gasteiger partial charge in [-0.05, 0) is 23.3 Å². The Bertz CT molecular complexity index is 1150. The molecular formula is C22H15N3OS2. The number of thioether (sulfide) groups is 1. The van der Waals surface area contributed by atoms with Crippen molar-refractivity contribution in [3.63, 3.8) is 0 Å². The third-order valence-corrected chi connectivity index (χ3v) is 6.73. The Balaban J connectivity index is 1.32. The summed E-state index contributed by atoms with van der Waals surface area (Å²) in [6.07, 6.45) is 0. The summed E-state index contributed by atoms with van der Waals surface area (Å²) in [5.74, 6) is 0.138. The van der Waals surface area contributed by atoms with Crippen LogP contribution < -0.4 is 5.43 Å². The highest BCUT2D eigenvalue weighted by atomic mass is 32.2. The number of carbonyl (C=O) groups excluding carboxylic acids is 1. The van der Waals surface area contributed by atoms with Crippen molar-refractivity contribution in [2.75, 3.05) is 5.75 Å². The zero-order chi connectivity index (χ0) is 18.9. The van der Waals surface area contributed by atoms with E-state index in [1.807, 2.05) is 60.7 Å². The van der Waals surface area contributed by atoms with E-state index in [1.54, 1.807) is 11.3 Å². The van der Waals surface area contributed by atoms with Gasteiger partial charge in [0.1, 0.15) is 0 Å². The molecule has 0 bridgehead atoms. The van der Waals surface area contributed by atoms with Gasteiger partial charge in [-0.15, -0.1) is 11.3 Å². The van der Waals surface area contributed by atoms with E-state index in [4.69, 9.17) is 0 Å². The van der Waals surface area contributed by atoms with Gasteiger partial charge >= 0.3 is 0 Å². The molecule has 1 aromatic heterocycles. The lowest BCUT2D eigenvalue weighted by Crippen LogP contribution is -2.21. The predicted molar refractivity (Wildman–Crippen MR) is 116 cm³/mol. The molecule has 0 spiro atoms. The van der Waals surface area contributed by atoms with Crippen LogP contribution in [-0.4, -0.2) is 22.4 Å². The lowest BCUT2D eigenvalue weighted by atomic mass is 10.1. The van der Waals surface area contributed by atoms with Crippen molar-refractivity contribution in [1.82, 2.24) is 10.4 Å². The largest absolute Gasteiger partial charge is 0.272 e. The van der Waals surface area contributed by atoms with Crippen LogP contribution in [-0.2, 0) is 4.79 Å². The maximum atomic E-state index is 12.4. The number of aromatic nitrogens is 1. The first-order valence-electron chi connectivity index (χ1n) is 8.84. The van der Waals surface area contributed by atoms with Crippen LogP contribution in [0.2, 0.25) is 0 Å². The van der Waals surface area contributed by atoms with Crippen molar-refractivity contribution in [3.8, 4) is 11.1 Å². The summed E-state index contributed by atoms with van der Waals surface area (Å²) in [5.41, 5.74) is 8.88. The highest BCUT2D eigenvalue weighted by Gasteiger charge is 2.24. The van der Waals surface area contributed by atoms with Gasteiger partial charge in [0.2, 0.25) is 0 Å². The molecule has 4 nitrogen and oxygen atoms in total. The second kappa shape index (κ2) is 7.22. The van der Waals surface area contributed by atoms with Gasteiger partial charge in [0.15, 0.2) is 4.34 Å². The van der Waals surface area contributed by atoms with E-state index in [-0.39, 0.29) is 11.7 Å². The molecule has 136 valence electrons. The average molecular weight is 402 g/mol. The second-order valence-electron chi connectivity index (χ2n) is 6.32. The number of hydrazone groups is 1. The van der Waals surface area contributed by atoms with Gasteiger partial charge in [0.05, 0.1) is 21.7 Å². The number of carbonyl (C=O) groups is 1. The van der Waals surface area contributed by atoms with E-state index in [1.165, 1.54) is 11.8 Å². The van der Waals surface area contributed by atoms with Crippen molar-refractivity contribution in [2.24, 2.45) is 5.10 Å². The third kappa shape index (κ3) is 3.10. The van der Waals surface area contributed by atoms with Crippen molar-refractivity contribution in [2.45, 2.75) is 4.34 Å². The smallest absolute Gasteiger partial charge is 0.250 e. The molecule has 0 atom stereocenters. The van der Waals surface area contributed by atoms with Crippen molar-refractivity contribution in [1.29, 1.82) is 0 Å². The highest BCUT2D eigenvalue weighted by molar-refractivity contribution is 8.01. The van der Waals surface area contributed by atoms with Crippen LogP contribution in [0.4, 0.5) is 0 Å². The Hall–Kier alpha value is -2.96. The SMILES string of the molecule is O=C(CSc1nc2ccccc2s1)NN=C1c2ccccc2-c2ccccc21. The first-order valence-corrected chi connectivity index (χ1v) is 10.6. The van der Waals surface area contributed by atoms with E-state index >= 15 is 0 Å². The first-order chi connectivity index (χ1) is 13.8. The molecule has 3 aromatic carbocycles. The standard InChI is InChI=1S/C22H15N3OS2/c26-20(13-27-22-23-18-11-5-6-12-19(18)28-22)24-25-21-16-9-3-1-7-14(16)15-8-2-4-10-17(15)21/h1-12H,13H2,(H,24,26). The van der Waals surface area contributed by atoms with Gasteiger partial charge in [-0.3, -0.25) is 4.79 Å². The van der Waals surface area contributed by atoms with E-state index < -0.39 is 0 Å². The van der Waals surface area contributed by atoms with Crippen LogP contribution >= 0.6 is 23.1 Å². The fraction of sp³-hybridized carbons (Fsp3) is 0.0455. The van der Waals surface area contributed by atoms with E-state index in [9.17, 15) is 4.79 Å². The summed E-state index contributed by atoms with van der Waals surface area (Å²) in [7, 11) is 0. The Kier molecular flexibility index (Phi) is 4.43. The fourth-order valence-electron chi connectivity index (χ4n) is 3.31. The summed E-state index contributed by atoms with van der Waals surface area (Å²) in [6.45, 7) is 0. The third-order valence-electron chi connectivity index (χ3n) is 4.55. The number of rotatable bonds is 4. The van der Waals surface area contributed by atoms with Gasteiger partial charge in [0, 0.05) is 11.1 Å². The molecule has 6 heteroatoms. The highest BCUT2D eigenvalue weighted by Crippen LogP contribution is 2.36. The molecule has 0 unspecified atom stereocenters. The number of hydrogen-bond acceptors (Lipinski definition) is 5. The van der Waals surface area contributed by atoms with Crippen LogP contribution in [0.25, 0.3) is 21.3 Å². The van der Waals surface area contributed by atoms with Gasteiger partial charge in [-0.2, -0.15) is 5.10 Å². The maximum absolute atomic E-state index is 12.4. The minimum Gasteiger partial charge on any atom is -0.272 e. The molecule has 4 aromatic rings. The number of nitrogens with zero attached hydrogens (tertiary/aromatic N) is 2. The molecule has 0 fully saturated rings. The Morgan fingerprint density at radius 1 is 0.893 bits per heavy atom. The Morgan fingerprint density at radius 3 is 2.18 bits per heavy atom. The number of nitrogens with one attached hydrogen (secondary N) is 1. The van der Waals surface area contributed by atoms with E-state index in [0.717, 1.165) is 42.5 Å². The number of amides is 1. The van der Waals surface area contributed by atoms with Crippen LogP contribution in [0.3, 0.4) is 0 Å². The van der Waals surface area contributed by atoms with Crippen LogP contribution in [0.15, 0.2) is 82.2 Å². The minimum atomic E-state index is -0.140. The molecule has 0 radical (unpaired) electrons. The van der Waals surface area contributed by atoms with Gasteiger partial charge in [-0.25, -0.2) is 10.4 Å². The number of benzene rings is 3. The predicted octanol–water partition coefficient (Wildman–Crippen LogP) is 4.94. The number of fused-ring (bicyclic) bond motifs is 4. The summed E-state index contributed by atoms with van der Waals surface area (Å²) < 4.78 is 2.02. The molecular weight excluding hydrogens is 386 g/mol. The fourth-order valence-corrected chi connectivity index (χ4v) is 5.17. The second-order valence-corrected chi connectivity index (χ2v) is 8.58. The minimum absolute atomic E-state index is 0.140. The normalized spacial score (nSPS) is 11.9. The van der Waals surface area contributed by atoms with E-state index in [0.29, 0.717) is 0 Å². The van der Waals surface area contributed by atoms with Crippen molar-refractivity contribution < 1.29 is 4.79 Å². The van der Waals surface area contributed by atoms with Gasteiger partial charge in [0.25, 0.3) is 5.91 Å². The summed E-state index contributed by atoms with van der Waals surface area (Å²) >= 11 is 3.03. The number of hydrogen-bond donors (Lipinski definition) is 1. The summed E-state index contributed by atoms with van der Waals surface area (Å²) in [4.78, 5) is 16.9. The van der Waals surface area contributed by atoms with Crippen molar-refractivity contribution in [3.05, 3.63) is 83.9 Å². The zero-order valence-corrected chi connectivity index (χ0v) is 16.4. The molecule has 0 saturated carbocycles. The zero-order valence-electron chi connectivity index (χ0n) is 14.8. The summed E-state index contributed by atoms with van der Waals surface area (Å²) in [5, 5.41) is 4.45. The molecule has 28 heavy (non-hydrogen) atoms. The molecule has 5 rings (SSSR count). The number of para-hydroxylation sites is 1. The molecule has 1 aliphatic carbocycles. The lowest BCUT2D eigenvalue weighted by molar-refractivity contribution is -0.118. The molecule has 1 amide bonds.